The molecule has 8 nitrogen and oxygen atoms in total. The van der Waals surface area contributed by atoms with Crippen molar-refractivity contribution in [2.45, 2.75) is 64.1 Å². The molecule has 5 N–H and O–H groups in total. The van der Waals surface area contributed by atoms with E-state index in [-0.39, 0.29) is 38.6 Å². The quantitative estimate of drug-likeness (QED) is 0.532. The van der Waals surface area contributed by atoms with E-state index in [0.29, 0.717) is 19.3 Å². The summed E-state index contributed by atoms with van der Waals surface area (Å²) in [6.45, 7) is 5.60. The maximum Gasteiger partial charge on any atom is 0.280 e. The first-order chi connectivity index (χ1) is 14.4. The molecule has 0 aliphatic heterocycles. The Balaban J connectivity index is 1.97. The number of alkyl halides is 2. The lowest BCUT2D eigenvalue weighted by atomic mass is 10.1. The number of pyridine rings is 1. The molecule has 168 valence electrons. The normalized spacial score (nSPS) is 18.9. The van der Waals surface area contributed by atoms with Crippen LogP contribution in [0.2, 0.25) is 0 Å². The zero-order chi connectivity index (χ0) is 22.9. The van der Waals surface area contributed by atoms with Crippen LogP contribution >= 0.6 is 11.3 Å². The van der Waals surface area contributed by atoms with E-state index >= 15 is 0 Å². The Kier molecular flexibility index (Phi) is 6.56. The molecular weight excluding hydrogens is 428 g/mol. The highest BCUT2D eigenvalue weighted by Crippen LogP contribution is 2.38. The van der Waals surface area contributed by atoms with Gasteiger partial charge in [-0.15, -0.1) is 11.3 Å². The number of aliphatic hydroxyl groups excluding tert-OH is 1. The molecule has 0 aromatic carbocycles. The summed E-state index contributed by atoms with van der Waals surface area (Å²) in [5.41, 5.74) is 4.40. The summed E-state index contributed by atoms with van der Waals surface area (Å²) < 4.78 is 27.7. The Morgan fingerprint density at radius 3 is 2.58 bits per heavy atom. The number of nitrogens with zero attached hydrogens (tertiary/aromatic N) is 2. The molecule has 2 aromatic heterocycles. The van der Waals surface area contributed by atoms with Gasteiger partial charge in [-0.3, -0.25) is 9.59 Å². The van der Waals surface area contributed by atoms with Gasteiger partial charge in [-0.05, 0) is 46.1 Å². The lowest BCUT2D eigenvalue weighted by Crippen LogP contribution is -2.33. The van der Waals surface area contributed by atoms with Gasteiger partial charge >= 0.3 is 0 Å². The fourth-order valence-corrected chi connectivity index (χ4v) is 4.40. The molecule has 1 fully saturated rings. The summed E-state index contributed by atoms with van der Waals surface area (Å²) in [7, 11) is 0. The average Bonchev–Trinajstić information content (AvgIpc) is 3.27. The lowest BCUT2D eigenvalue weighted by molar-refractivity contribution is 0.0933. The maximum absolute atomic E-state index is 13.8. The number of aliphatic hydroxyl groups is 1. The number of carbonyl (C=O) groups excluding carboxylic acids is 2. The minimum absolute atomic E-state index is 0.00361. The highest BCUT2D eigenvalue weighted by Gasteiger charge is 2.29. The second-order valence-corrected chi connectivity index (χ2v) is 9.53. The van der Waals surface area contributed by atoms with E-state index in [0.717, 1.165) is 11.3 Å². The van der Waals surface area contributed by atoms with Gasteiger partial charge in [-0.1, -0.05) is 0 Å². The highest BCUT2D eigenvalue weighted by atomic mass is 32.1. The standard InChI is InChI=1S/C20H25F2N5O3S/c1-20(2,3)27-13-7-11(16(21)22)12(8-24-13)15-14(17(23)29)26-19(31-15)18(30)25-9-4-5-10(28)6-9/h7-10,16,28H,4-6H2,1-3H3,(H2,23,29)(H,24,27)(H,25,30)/t9-,10-/m1/s1. The van der Waals surface area contributed by atoms with Crippen LogP contribution in [0.1, 0.15) is 72.3 Å². The summed E-state index contributed by atoms with van der Waals surface area (Å²) in [4.78, 5) is 32.8. The summed E-state index contributed by atoms with van der Waals surface area (Å²) in [5, 5.41) is 15.3. The monoisotopic (exact) mass is 453 g/mol. The molecule has 2 amide bonds. The van der Waals surface area contributed by atoms with Gasteiger partial charge in [0.15, 0.2) is 5.01 Å². The minimum atomic E-state index is -2.85. The van der Waals surface area contributed by atoms with Crippen LogP contribution in [0, 0.1) is 0 Å². The van der Waals surface area contributed by atoms with Gasteiger partial charge < -0.3 is 21.5 Å². The molecule has 0 unspecified atom stereocenters. The number of hydrogen-bond acceptors (Lipinski definition) is 7. The van der Waals surface area contributed by atoms with Crippen molar-refractivity contribution in [2.75, 3.05) is 5.32 Å². The third-order valence-electron chi connectivity index (χ3n) is 4.71. The second kappa shape index (κ2) is 8.83. The van der Waals surface area contributed by atoms with Gasteiger partial charge in [0, 0.05) is 28.9 Å². The molecule has 11 heteroatoms. The predicted molar refractivity (Wildman–Crippen MR) is 113 cm³/mol. The predicted octanol–water partition coefficient (Wildman–Crippen LogP) is 3.10. The molecule has 0 radical (unpaired) electrons. The molecule has 0 spiro atoms. The number of anilines is 1. The van der Waals surface area contributed by atoms with Crippen LogP contribution in [-0.2, 0) is 0 Å². The number of aromatic nitrogens is 2. The van der Waals surface area contributed by atoms with Crippen molar-refractivity contribution in [3.05, 3.63) is 28.5 Å². The molecule has 2 atom stereocenters. The number of primary amides is 1. The van der Waals surface area contributed by atoms with Crippen LogP contribution in [0.25, 0.3) is 10.4 Å². The van der Waals surface area contributed by atoms with Gasteiger partial charge in [0.2, 0.25) is 0 Å². The summed E-state index contributed by atoms with van der Waals surface area (Å²) >= 11 is 0.804. The topological polar surface area (TPSA) is 130 Å². The van der Waals surface area contributed by atoms with Crippen LogP contribution in [0.3, 0.4) is 0 Å². The van der Waals surface area contributed by atoms with E-state index in [9.17, 15) is 23.5 Å². The Morgan fingerprint density at radius 2 is 2.03 bits per heavy atom. The Labute approximate surface area is 182 Å². The van der Waals surface area contributed by atoms with Crippen LogP contribution in [0.4, 0.5) is 14.6 Å². The SMILES string of the molecule is CC(C)(C)Nc1cc(C(F)F)c(-c2sc(C(=O)N[C@@H]3CC[C@@H](O)C3)nc2C(N)=O)cn1. The van der Waals surface area contributed by atoms with Crippen LogP contribution in [0.15, 0.2) is 12.3 Å². The first-order valence-corrected chi connectivity index (χ1v) is 10.6. The number of hydrogen-bond donors (Lipinski definition) is 4. The number of amides is 2. The average molecular weight is 454 g/mol. The largest absolute Gasteiger partial charge is 0.393 e. The van der Waals surface area contributed by atoms with Gasteiger partial charge in [0.25, 0.3) is 18.2 Å². The third-order valence-corrected chi connectivity index (χ3v) is 5.80. The zero-order valence-corrected chi connectivity index (χ0v) is 18.2. The van der Waals surface area contributed by atoms with E-state index in [1.807, 2.05) is 20.8 Å². The van der Waals surface area contributed by atoms with Gasteiger partial charge in [0.1, 0.15) is 11.5 Å². The second-order valence-electron chi connectivity index (χ2n) is 8.53. The van der Waals surface area contributed by atoms with E-state index in [1.165, 1.54) is 12.3 Å². The van der Waals surface area contributed by atoms with Crippen molar-refractivity contribution in [3.8, 4) is 10.4 Å². The van der Waals surface area contributed by atoms with Gasteiger partial charge in [0.05, 0.1) is 11.0 Å². The molecule has 1 aliphatic carbocycles. The molecule has 2 heterocycles. The maximum atomic E-state index is 13.8. The summed E-state index contributed by atoms with van der Waals surface area (Å²) in [5.74, 6) is -1.22. The highest BCUT2D eigenvalue weighted by molar-refractivity contribution is 7.17. The Morgan fingerprint density at radius 1 is 1.32 bits per heavy atom. The van der Waals surface area contributed by atoms with E-state index in [1.54, 1.807) is 0 Å². The van der Waals surface area contributed by atoms with Crippen molar-refractivity contribution in [1.82, 2.24) is 15.3 Å². The van der Waals surface area contributed by atoms with Crippen molar-refractivity contribution in [3.63, 3.8) is 0 Å². The number of rotatable bonds is 6. The zero-order valence-electron chi connectivity index (χ0n) is 17.4. The number of carbonyl (C=O) groups is 2. The van der Waals surface area contributed by atoms with Crippen LogP contribution in [0.5, 0.6) is 0 Å². The van der Waals surface area contributed by atoms with Gasteiger partial charge in [-0.25, -0.2) is 18.7 Å². The van der Waals surface area contributed by atoms with Crippen LogP contribution in [-0.4, -0.2) is 44.6 Å². The molecule has 2 aromatic rings. The van der Waals surface area contributed by atoms with Crippen molar-refractivity contribution >= 4 is 29.0 Å². The fraction of sp³-hybridized carbons (Fsp3) is 0.500. The molecule has 1 saturated carbocycles. The van der Waals surface area contributed by atoms with Crippen molar-refractivity contribution in [1.29, 1.82) is 0 Å². The molecule has 0 bridgehead atoms. The first kappa shape index (κ1) is 23.0. The third kappa shape index (κ3) is 5.53. The number of nitrogens with two attached hydrogens (primary N) is 1. The van der Waals surface area contributed by atoms with Crippen LogP contribution < -0.4 is 16.4 Å². The summed E-state index contributed by atoms with van der Waals surface area (Å²) in [6, 6.07) is 1.00. The smallest absolute Gasteiger partial charge is 0.280 e. The lowest BCUT2D eigenvalue weighted by Gasteiger charge is -2.22. The summed E-state index contributed by atoms with van der Waals surface area (Å²) in [6.07, 6.45) is -0.468. The van der Waals surface area contributed by atoms with Gasteiger partial charge in [-0.2, -0.15) is 0 Å². The first-order valence-electron chi connectivity index (χ1n) is 9.81. The van der Waals surface area contributed by atoms with E-state index in [4.69, 9.17) is 5.73 Å². The van der Waals surface area contributed by atoms with Crippen molar-refractivity contribution < 1.29 is 23.5 Å². The fourth-order valence-electron chi connectivity index (χ4n) is 3.40. The molecule has 1 aliphatic rings. The Bertz CT molecular complexity index is 990. The number of nitrogens with one attached hydrogen (secondary N) is 2. The molecule has 0 saturated heterocycles. The Hall–Kier alpha value is -2.66. The minimum Gasteiger partial charge on any atom is -0.393 e. The molecule has 31 heavy (non-hydrogen) atoms. The molecule has 3 rings (SSSR count). The van der Waals surface area contributed by atoms with E-state index < -0.39 is 29.9 Å². The molecular formula is C20H25F2N5O3S. The number of halogens is 2. The number of thiazole rings is 1. The van der Waals surface area contributed by atoms with E-state index in [2.05, 4.69) is 20.6 Å². The van der Waals surface area contributed by atoms with Crippen molar-refractivity contribution in [2.24, 2.45) is 5.73 Å².